The van der Waals surface area contributed by atoms with Crippen LogP contribution in [-0.2, 0) is 0 Å². The van der Waals surface area contributed by atoms with Crippen molar-refractivity contribution in [2.45, 2.75) is 37.5 Å². The number of aromatic nitrogens is 3. The van der Waals surface area contributed by atoms with E-state index >= 15 is 0 Å². The average Bonchev–Trinajstić information content (AvgIpc) is 2.78. The number of methoxy groups -OCH3 is 2. The van der Waals surface area contributed by atoms with Gasteiger partial charge in [-0.1, -0.05) is 48.8 Å². The Balaban J connectivity index is 2.22. The molecule has 0 fully saturated rings. The Labute approximate surface area is 202 Å². The Morgan fingerprint density at radius 2 is 1.75 bits per heavy atom. The van der Waals surface area contributed by atoms with Crippen LogP contribution in [0, 0.1) is 0 Å². The summed E-state index contributed by atoms with van der Waals surface area (Å²) in [6.07, 6.45) is 4.38. The van der Waals surface area contributed by atoms with E-state index in [2.05, 4.69) is 29.1 Å². The van der Waals surface area contributed by atoms with Gasteiger partial charge in [0.2, 0.25) is 0 Å². The van der Waals surface area contributed by atoms with Crippen LogP contribution >= 0.6 is 35.0 Å². The maximum absolute atomic E-state index is 6.65. The van der Waals surface area contributed by atoms with Gasteiger partial charge in [0.25, 0.3) is 0 Å². The van der Waals surface area contributed by atoms with Gasteiger partial charge in [0.05, 0.1) is 47.2 Å². The van der Waals surface area contributed by atoms with Crippen LogP contribution in [0.2, 0.25) is 10.0 Å². The number of hydrogen-bond donors (Lipinski definition) is 2. The minimum absolute atomic E-state index is 0.341. The van der Waals surface area contributed by atoms with Crippen LogP contribution in [0.4, 0.5) is 0 Å². The Morgan fingerprint density at radius 3 is 2.31 bits per heavy atom. The number of nitrogens with one attached hydrogen (secondary N) is 1. The summed E-state index contributed by atoms with van der Waals surface area (Å²) in [5, 5.41) is 5.52. The zero-order valence-corrected chi connectivity index (χ0v) is 21.0. The van der Waals surface area contributed by atoms with Crippen molar-refractivity contribution in [2.24, 2.45) is 5.73 Å². The number of pyridine rings is 1. The number of hydrogen-bond acceptors (Lipinski definition) is 8. The van der Waals surface area contributed by atoms with Crippen molar-refractivity contribution in [3.05, 3.63) is 34.1 Å². The summed E-state index contributed by atoms with van der Waals surface area (Å²) in [6, 6.07) is 3.52. The first-order valence-electron chi connectivity index (χ1n) is 10.1. The molecule has 0 amide bonds. The van der Waals surface area contributed by atoms with Gasteiger partial charge in [0, 0.05) is 29.3 Å². The summed E-state index contributed by atoms with van der Waals surface area (Å²) in [6.45, 7) is 4.94. The summed E-state index contributed by atoms with van der Waals surface area (Å²) >= 11 is 14.8. The van der Waals surface area contributed by atoms with Gasteiger partial charge in [-0.15, -0.1) is 0 Å². The third kappa shape index (κ3) is 5.21. The lowest BCUT2D eigenvalue weighted by Gasteiger charge is -2.18. The van der Waals surface area contributed by atoms with E-state index in [1.807, 2.05) is 12.3 Å². The third-order valence-corrected chi connectivity index (χ3v) is 6.25. The van der Waals surface area contributed by atoms with Crippen LogP contribution in [-0.4, -0.2) is 48.0 Å². The molecule has 3 N–H and O–H groups in total. The molecule has 0 aliphatic heterocycles. The molecular formula is C22H27Cl2N5O2S. The molecule has 7 nitrogen and oxygen atoms in total. The summed E-state index contributed by atoms with van der Waals surface area (Å²) in [7, 11) is 3.07. The molecule has 2 aromatic heterocycles. The number of thioether (sulfide) groups is 1. The highest BCUT2D eigenvalue weighted by Gasteiger charge is 2.23. The lowest BCUT2D eigenvalue weighted by atomic mass is 10.0. The molecule has 1 aromatic carbocycles. The van der Waals surface area contributed by atoms with Crippen LogP contribution in [0.3, 0.4) is 0 Å². The molecule has 172 valence electrons. The van der Waals surface area contributed by atoms with Crippen molar-refractivity contribution in [1.82, 2.24) is 20.3 Å². The van der Waals surface area contributed by atoms with Gasteiger partial charge in [-0.05, 0) is 25.3 Å². The number of benzene rings is 1. The van der Waals surface area contributed by atoms with Crippen LogP contribution < -0.4 is 20.5 Å². The highest BCUT2D eigenvalue weighted by Crippen LogP contribution is 2.46. The predicted octanol–water partition coefficient (Wildman–Crippen LogP) is 5.13. The standard InChI is InChI=1S/C22H27Cl2N5O2S/c1-11(2)26-7-6-13(25)21-20-12(10-27-22(29-20)32-5)8-14(28-21)17-18(23)15(30-3)9-16(31-4)19(17)24/h8-11,13,26H,6-7,25H2,1-5H3. The van der Waals surface area contributed by atoms with E-state index < -0.39 is 0 Å². The van der Waals surface area contributed by atoms with Crippen molar-refractivity contribution in [3.8, 4) is 22.8 Å². The van der Waals surface area contributed by atoms with E-state index in [0.29, 0.717) is 61.6 Å². The second kappa shape index (κ2) is 10.9. The molecule has 0 spiro atoms. The van der Waals surface area contributed by atoms with Gasteiger partial charge in [-0.2, -0.15) is 0 Å². The second-order valence-corrected chi connectivity index (χ2v) is 9.00. The van der Waals surface area contributed by atoms with E-state index in [1.165, 1.54) is 26.0 Å². The Morgan fingerprint density at radius 1 is 1.09 bits per heavy atom. The molecule has 2 heterocycles. The number of fused-ring (bicyclic) bond motifs is 1. The number of ether oxygens (including phenoxy) is 2. The van der Waals surface area contributed by atoms with Crippen LogP contribution in [0.5, 0.6) is 11.5 Å². The zero-order valence-electron chi connectivity index (χ0n) is 18.7. The molecular weight excluding hydrogens is 469 g/mol. The van der Waals surface area contributed by atoms with Gasteiger partial charge in [0.15, 0.2) is 5.16 Å². The van der Waals surface area contributed by atoms with Gasteiger partial charge in [0.1, 0.15) is 11.5 Å². The van der Waals surface area contributed by atoms with Gasteiger partial charge >= 0.3 is 0 Å². The first-order chi connectivity index (χ1) is 15.3. The molecule has 0 saturated carbocycles. The minimum atomic E-state index is -0.349. The monoisotopic (exact) mass is 495 g/mol. The van der Waals surface area contributed by atoms with E-state index in [-0.39, 0.29) is 6.04 Å². The van der Waals surface area contributed by atoms with Crippen molar-refractivity contribution in [1.29, 1.82) is 0 Å². The quantitative estimate of drug-likeness (QED) is 0.311. The largest absolute Gasteiger partial charge is 0.495 e. The first-order valence-corrected chi connectivity index (χ1v) is 12.1. The first kappa shape index (κ1) is 24.8. The molecule has 3 aromatic rings. The van der Waals surface area contributed by atoms with E-state index in [1.54, 1.807) is 12.3 Å². The maximum atomic E-state index is 6.65. The van der Waals surface area contributed by atoms with Gasteiger partial charge in [-0.3, -0.25) is 0 Å². The van der Waals surface area contributed by atoms with Crippen LogP contribution in [0.1, 0.15) is 32.0 Å². The lowest BCUT2D eigenvalue weighted by Crippen LogP contribution is -2.27. The smallest absolute Gasteiger partial charge is 0.187 e. The highest BCUT2D eigenvalue weighted by molar-refractivity contribution is 7.98. The normalized spacial score (nSPS) is 12.4. The molecule has 3 rings (SSSR count). The van der Waals surface area contributed by atoms with Crippen molar-refractivity contribution >= 4 is 45.9 Å². The zero-order chi connectivity index (χ0) is 23.4. The van der Waals surface area contributed by atoms with Gasteiger partial charge in [-0.25, -0.2) is 15.0 Å². The third-order valence-electron chi connectivity index (χ3n) is 4.94. The lowest BCUT2D eigenvalue weighted by molar-refractivity contribution is 0.395. The number of nitrogens with two attached hydrogens (primary N) is 1. The summed E-state index contributed by atoms with van der Waals surface area (Å²) in [5.74, 6) is 0.872. The van der Waals surface area contributed by atoms with Gasteiger partial charge < -0.3 is 20.5 Å². The van der Waals surface area contributed by atoms with Crippen molar-refractivity contribution in [3.63, 3.8) is 0 Å². The minimum Gasteiger partial charge on any atom is -0.495 e. The Bertz CT molecular complexity index is 1090. The molecule has 0 aliphatic rings. The molecule has 0 radical (unpaired) electrons. The molecule has 0 bridgehead atoms. The Hall–Kier alpha value is -1.84. The summed E-state index contributed by atoms with van der Waals surface area (Å²) < 4.78 is 10.8. The SMILES string of the molecule is COc1cc(OC)c(Cl)c(-c2cc3cnc(SC)nc3c(C(N)CCNC(C)C)n2)c1Cl. The molecule has 10 heteroatoms. The molecule has 1 atom stereocenters. The van der Waals surface area contributed by atoms with Crippen LogP contribution in [0.15, 0.2) is 23.5 Å². The van der Waals surface area contributed by atoms with E-state index in [4.69, 9.17) is 43.4 Å². The van der Waals surface area contributed by atoms with E-state index in [9.17, 15) is 0 Å². The molecule has 0 aliphatic carbocycles. The summed E-state index contributed by atoms with van der Waals surface area (Å²) in [5.41, 5.74) is 9.02. The number of nitrogens with zero attached hydrogens (tertiary/aromatic N) is 3. The number of rotatable bonds is 9. The topological polar surface area (TPSA) is 95.2 Å². The molecule has 1 unspecified atom stereocenters. The van der Waals surface area contributed by atoms with E-state index in [0.717, 1.165) is 11.9 Å². The fourth-order valence-electron chi connectivity index (χ4n) is 3.31. The Kier molecular flexibility index (Phi) is 8.41. The summed E-state index contributed by atoms with van der Waals surface area (Å²) in [4.78, 5) is 14.0. The predicted molar refractivity (Wildman–Crippen MR) is 132 cm³/mol. The maximum Gasteiger partial charge on any atom is 0.187 e. The fraction of sp³-hybridized carbons (Fsp3) is 0.409. The van der Waals surface area contributed by atoms with Crippen molar-refractivity contribution < 1.29 is 9.47 Å². The van der Waals surface area contributed by atoms with Crippen molar-refractivity contribution in [2.75, 3.05) is 27.0 Å². The second-order valence-electron chi connectivity index (χ2n) is 7.48. The number of halogens is 2. The molecule has 32 heavy (non-hydrogen) atoms. The average molecular weight is 496 g/mol. The molecule has 0 saturated heterocycles. The fourth-order valence-corrected chi connectivity index (χ4v) is 4.34. The highest BCUT2D eigenvalue weighted by atomic mass is 35.5. The van der Waals surface area contributed by atoms with Crippen LogP contribution in [0.25, 0.3) is 22.2 Å².